The Morgan fingerprint density at radius 3 is 2.19 bits per heavy atom. The third kappa shape index (κ3) is 5.27. The van der Waals surface area contributed by atoms with Crippen molar-refractivity contribution >= 4 is 9.84 Å². The second-order valence-corrected chi connectivity index (χ2v) is 7.33. The van der Waals surface area contributed by atoms with Gasteiger partial charge < -0.3 is 10.1 Å². The highest BCUT2D eigenvalue weighted by molar-refractivity contribution is 7.91. The highest BCUT2D eigenvalue weighted by Gasteiger charge is 2.27. The van der Waals surface area contributed by atoms with Gasteiger partial charge in [-0.15, -0.1) is 0 Å². The fraction of sp³-hybridized carbons (Fsp3) is 1.00. The van der Waals surface area contributed by atoms with Crippen LogP contribution in [-0.2, 0) is 14.6 Å². The molecule has 2 atom stereocenters. The van der Waals surface area contributed by atoms with Crippen LogP contribution in [0, 0.1) is 0 Å². The van der Waals surface area contributed by atoms with Gasteiger partial charge in [0.05, 0.1) is 10.9 Å². The van der Waals surface area contributed by atoms with Crippen LogP contribution in [-0.4, -0.2) is 45.7 Å². The standard InChI is InChI=1S/C11H25NO3S/c1-9(16(6,13)14)10(12-4)7-8-11(2,3)15-5/h9-10,12H,7-8H2,1-6H3. The molecule has 5 heteroatoms. The predicted octanol–water partition coefficient (Wildman–Crippen LogP) is 1.21. The van der Waals surface area contributed by atoms with Gasteiger partial charge in [0.1, 0.15) is 0 Å². The van der Waals surface area contributed by atoms with Crippen LogP contribution in [0.1, 0.15) is 33.6 Å². The third-order valence-corrected chi connectivity index (χ3v) is 4.90. The van der Waals surface area contributed by atoms with Gasteiger partial charge in [-0.2, -0.15) is 0 Å². The van der Waals surface area contributed by atoms with Gasteiger partial charge in [0.25, 0.3) is 0 Å². The van der Waals surface area contributed by atoms with Crippen molar-refractivity contribution in [2.24, 2.45) is 0 Å². The predicted molar refractivity (Wildman–Crippen MR) is 67.5 cm³/mol. The van der Waals surface area contributed by atoms with Gasteiger partial charge in [-0.3, -0.25) is 0 Å². The quantitative estimate of drug-likeness (QED) is 0.739. The minimum atomic E-state index is -2.99. The van der Waals surface area contributed by atoms with E-state index in [2.05, 4.69) is 5.32 Å². The SMILES string of the molecule is CNC(CCC(C)(C)OC)C(C)S(C)(=O)=O. The van der Waals surface area contributed by atoms with E-state index in [-0.39, 0.29) is 16.9 Å². The van der Waals surface area contributed by atoms with Crippen LogP contribution in [0.4, 0.5) is 0 Å². The second kappa shape index (κ2) is 5.98. The Balaban J connectivity index is 4.44. The molecule has 0 aliphatic heterocycles. The van der Waals surface area contributed by atoms with Crippen LogP contribution in [0.25, 0.3) is 0 Å². The van der Waals surface area contributed by atoms with Crippen LogP contribution in [0.5, 0.6) is 0 Å². The fourth-order valence-electron chi connectivity index (χ4n) is 1.52. The topological polar surface area (TPSA) is 55.4 Å². The second-order valence-electron chi connectivity index (χ2n) is 4.93. The van der Waals surface area contributed by atoms with E-state index in [4.69, 9.17) is 4.74 Å². The normalized spacial score (nSPS) is 17.1. The summed E-state index contributed by atoms with van der Waals surface area (Å²) < 4.78 is 28.2. The number of hydrogen-bond acceptors (Lipinski definition) is 4. The Morgan fingerprint density at radius 1 is 1.38 bits per heavy atom. The molecule has 0 radical (unpaired) electrons. The van der Waals surface area contributed by atoms with E-state index >= 15 is 0 Å². The molecule has 2 unspecified atom stereocenters. The lowest BCUT2D eigenvalue weighted by atomic mass is 9.97. The molecule has 0 amide bonds. The molecule has 0 fully saturated rings. The van der Waals surface area contributed by atoms with Gasteiger partial charge in [-0.1, -0.05) is 0 Å². The van der Waals surface area contributed by atoms with Crippen LogP contribution in [0.2, 0.25) is 0 Å². The Bertz CT molecular complexity index is 298. The van der Waals surface area contributed by atoms with E-state index in [0.29, 0.717) is 0 Å². The van der Waals surface area contributed by atoms with Gasteiger partial charge in [0, 0.05) is 19.4 Å². The largest absolute Gasteiger partial charge is 0.379 e. The molecule has 0 aromatic rings. The van der Waals surface area contributed by atoms with Crippen molar-refractivity contribution in [3.8, 4) is 0 Å². The lowest BCUT2D eigenvalue weighted by Gasteiger charge is -2.28. The number of sulfone groups is 1. The van der Waals surface area contributed by atoms with E-state index in [1.54, 1.807) is 21.1 Å². The number of hydrogen-bond donors (Lipinski definition) is 1. The highest BCUT2D eigenvalue weighted by Crippen LogP contribution is 2.19. The Kier molecular flexibility index (Phi) is 5.93. The summed E-state index contributed by atoms with van der Waals surface area (Å²) in [5.41, 5.74) is -0.202. The van der Waals surface area contributed by atoms with E-state index in [0.717, 1.165) is 12.8 Å². The first-order valence-corrected chi connectivity index (χ1v) is 7.51. The van der Waals surface area contributed by atoms with E-state index in [1.807, 2.05) is 13.8 Å². The van der Waals surface area contributed by atoms with E-state index in [1.165, 1.54) is 6.26 Å². The first-order valence-electron chi connectivity index (χ1n) is 5.55. The molecular formula is C11H25NO3S. The van der Waals surface area contributed by atoms with Crippen LogP contribution >= 0.6 is 0 Å². The van der Waals surface area contributed by atoms with Crippen LogP contribution in [0.15, 0.2) is 0 Å². The van der Waals surface area contributed by atoms with Gasteiger partial charge in [0.15, 0.2) is 9.84 Å². The lowest BCUT2D eigenvalue weighted by Crippen LogP contribution is -2.41. The van der Waals surface area contributed by atoms with Crippen molar-refractivity contribution in [1.29, 1.82) is 0 Å². The molecule has 0 rings (SSSR count). The first-order chi connectivity index (χ1) is 7.14. The molecule has 0 heterocycles. The van der Waals surface area contributed by atoms with Crippen LogP contribution in [0.3, 0.4) is 0 Å². The Hall–Kier alpha value is -0.130. The molecule has 0 aromatic carbocycles. The number of nitrogens with one attached hydrogen (secondary N) is 1. The van der Waals surface area contributed by atoms with Gasteiger partial charge in [-0.05, 0) is 40.7 Å². The molecule has 98 valence electrons. The molecule has 0 saturated carbocycles. The van der Waals surface area contributed by atoms with Crippen molar-refractivity contribution in [3.63, 3.8) is 0 Å². The molecule has 0 aliphatic carbocycles. The fourth-order valence-corrected chi connectivity index (χ4v) is 2.39. The minimum absolute atomic E-state index is 0.0237. The van der Waals surface area contributed by atoms with E-state index < -0.39 is 9.84 Å². The van der Waals surface area contributed by atoms with Gasteiger partial charge in [0.2, 0.25) is 0 Å². The summed E-state index contributed by atoms with van der Waals surface area (Å²) in [5.74, 6) is 0. The van der Waals surface area contributed by atoms with Crippen molar-refractivity contribution in [3.05, 3.63) is 0 Å². The molecule has 0 aromatic heterocycles. The smallest absolute Gasteiger partial charge is 0.151 e. The van der Waals surface area contributed by atoms with Crippen molar-refractivity contribution < 1.29 is 13.2 Å². The molecule has 4 nitrogen and oxygen atoms in total. The van der Waals surface area contributed by atoms with Gasteiger partial charge >= 0.3 is 0 Å². The summed E-state index contributed by atoms with van der Waals surface area (Å²) in [6, 6.07) is -0.0237. The maximum Gasteiger partial charge on any atom is 0.151 e. The summed E-state index contributed by atoms with van der Waals surface area (Å²) in [6.07, 6.45) is 2.89. The zero-order valence-electron chi connectivity index (χ0n) is 11.2. The zero-order chi connectivity index (χ0) is 13.0. The van der Waals surface area contributed by atoms with Crippen LogP contribution < -0.4 is 5.32 Å². The summed E-state index contributed by atoms with van der Waals surface area (Å²) in [4.78, 5) is 0. The first kappa shape index (κ1) is 15.9. The van der Waals surface area contributed by atoms with Crippen molar-refractivity contribution in [1.82, 2.24) is 5.32 Å². The number of ether oxygens (including phenoxy) is 1. The molecular weight excluding hydrogens is 226 g/mol. The Labute approximate surface area is 99.7 Å². The van der Waals surface area contributed by atoms with Crippen molar-refractivity contribution in [2.75, 3.05) is 20.4 Å². The summed E-state index contributed by atoms with van der Waals surface area (Å²) in [7, 11) is 0.481. The Morgan fingerprint density at radius 2 is 1.88 bits per heavy atom. The highest BCUT2D eigenvalue weighted by atomic mass is 32.2. The zero-order valence-corrected chi connectivity index (χ0v) is 12.0. The molecule has 16 heavy (non-hydrogen) atoms. The molecule has 0 bridgehead atoms. The monoisotopic (exact) mass is 251 g/mol. The summed E-state index contributed by atoms with van der Waals surface area (Å²) in [6.45, 7) is 5.76. The van der Waals surface area contributed by atoms with Gasteiger partial charge in [-0.25, -0.2) is 8.42 Å². The maximum atomic E-state index is 11.5. The summed E-state index contributed by atoms with van der Waals surface area (Å²) >= 11 is 0. The number of rotatable bonds is 7. The average Bonchev–Trinajstić information content (AvgIpc) is 2.17. The molecule has 0 spiro atoms. The maximum absolute atomic E-state index is 11.5. The lowest BCUT2D eigenvalue weighted by molar-refractivity contribution is 0.0119. The van der Waals surface area contributed by atoms with E-state index in [9.17, 15) is 8.42 Å². The summed E-state index contributed by atoms with van der Waals surface area (Å²) in [5, 5.41) is 2.70. The molecule has 0 aliphatic rings. The number of methoxy groups -OCH3 is 1. The average molecular weight is 251 g/mol. The molecule has 0 saturated heterocycles. The molecule has 1 N–H and O–H groups in total. The van der Waals surface area contributed by atoms with Crippen molar-refractivity contribution in [2.45, 2.75) is 50.5 Å². The third-order valence-electron chi connectivity index (χ3n) is 3.22. The minimum Gasteiger partial charge on any atom is -0.379 e.